The van der Waals surface area contributed by atoms with E-state index >= 15 is 0 Å². The zero-order valence-electron chi connectivity index (χ0n) is 21.6. The largest absolute Gasteiger partial charge is 0.494 e. The number of benzene rings is 3. The van der Waals surface area contributed by atoms with Crippen molar-refractivity contribution in [2.45, 2.75) is 0 Å². The number of ether oxygens (including phenoxy) is 1. The summed E-state index contributed by atoms with van der Waals surface area (Å²) in [6.45, 7) is 0. The summed E-state index contributed by atoms with van der Waals surface area (Å²) in [6, 6.07) is 24.6. The number of para-hydroxylation sites is 3. The third-order valence-electron chi connectivity index (χ3n) is 6.24. The second kappa shape index (κ2) is 10.2. The third-order valence-corrected chi connectivity index (χ3v) is 6.24. The van der Waals surface area contributed by atoms with Crippen LogP contribution >= 0.6 is 0 Å². The number of fused-ring (bicyclic) bond motifs is 1. The van der Waals surface area contributed by atoms with E-state index in [0.29, 0.717) is 34.3 Å². The number of carbonyl (C=O) groups is 1. The summed E-state index contributed by atoms with van der Waals surface area (Å²) < 4.78 is 13.4. The van der Waals surface area contributed by atoms with Crippen molar-refractivity contribution in [1.29, 1.82) is 0 Å². The van der Waals surface area contributed by atoms with Gasteiger partial charge < -0.3 is 25.5 Å². The number of amides is 1. The highest BCUT2D eigenvalue weighted by Gasteiger charge is 2.20. The molecule has 0 fully saturated rings. The van der Waals surface area contributed by atoms with Gasteiger partial charge in [-0.2, -0.15) is 10.1 Å². The minimum Gasteiger partial charge on any atom is -0.494 e. The molecule has 40 heavy (non-hydrogen) atoms. The zero-order chi connectivity index (χ0) is 27.6. The molecule has 0 aliphatic rings. The molecule has 6 rings (SSSR count). The number of hydrogen-bond acceptors (Lipinski definition) is 9. The predicted molar refractivity (Wildman–Crippen MR) is 152 cm³/mol. The van der Waals surface area contributed by atoms with E-state index in [4.69, 9.17) is 14.9 Å². The first-order valence-electron chi connectivity index (χ1n) is 12.3. The van der Waals surface area contributed by atoms with E-state index in [2.05, 4.69) is 30.7 Å². The van der Waals surface area contributed by atoms with Gasteiger partial charge in [-0.3, -0.25) is 9.48 Å². The van der Waals surface area contributed by atoms with Crippen LogP contribution in [-0.2, 0) is 7.05 Å². The lowest BCUT2D eigenvalue weighted by Crippen LogP contribution is -2.16. The van der Waals surface area contributed by atoms with Crippen LogP contribution in [0.25, 0.3) is 33.8 Å². The number of carbonyl (C=O) groups excluding carboxylic acids is 1. The van der Waals surface area contributed by atoms with Crippen LogP contribution in [0.1, 0.15) is 10.4 Å². The molecule has 0 aliphatic carbocycles. The quantitative estimate of drug-likeness (QED) is 0.238. The molecule has 4 N–H and O–H groups in total. The number of nitrogens with one attached hydrogen (secondary N) is 2. The molecule has 198 valence electrons. The fraction of sp³-hybridized carbons (Fsp3) is 0.0690. The molecule has 0 aliphatic heterocycles. The first-order valence-corrected chi connectivity index (χ1v) is 12.3. The van der Waals surface area contributed by atoms with Gasteiger partial charge in [0.25, 0.3) is 5.91 Å². The SMILES string of the molecule is COc1c(Nc2nc(Nc3cc(-c4ccccc4)nn3C)ncc2C(N)=O)cccc1-c1nc2ccccc2o1. The molecule has 6 aromatic rings. The van der Waals surface area contributed by atoms with Crippen molar-refractivity contribution in [1.82, 2.24) is 24.7 Å². The first kappa shape index (κ1) is 24.6. The fourth-order valence-corrected chi connectivity index (χ4v) is 4.31. The van der Waals surface area contributed by atoms with Crippen LogP contribution in [0, 0.1) is 0 Å². The van der Waals surface area contributed by atoms with Crippen molar-refractivity contribution >= 4 is 40.3 Å². The van der Waals surface area contributed by atoms with Gasteiger partial charge in [-0.1, -0.05) is 48.5 Å². The van der Waals surface area contributed by atoms with Gasteiger partial charge in [-0.25, -0.2) is 9.97 Å². The Morgan fingerprint density at radius 1 is 0.975 bits per heavy atom. The molecular weight excluding hydrogens is 508 g/mol. The maximum atomic E-state index is 12.2. The molecule has 0 atom stereocenters. The number of primary amides is 1. The number of anilines is 4. The van der Waals surface area contributed by atoms with Crippen LogP contribution in [0.4, 0.5) is 23.3 Å². The van der Waals surface area contributed by atoms with Crippen LogP contribution in [0.5, 0.6) is 5.75 Å². The van der Waals surface area contributed by atoms with Crippen molar-refractivity contribution in [3.63, 3.8) is 0 Å². The van der Waals surface area contributed by atoms with E-state index in [1.807, 2.05) is 79.8 Å². The summed E-state index contributed by atoms with van der Waals surface area (Å²) in [4.78, 5) is 25.7. The highest BCUT2D eigenvalue weighted by Crippen LogP contribution is 2.38. The van der Waals surface area contributed by atoms with E-state index in [-0.39, 0.29) is 17.3 Å². The van der Waals surface area contributed by atoms with Crippen molar-refractivity contribution in [2.24, 2.45) is 12.8 Å². The summed E-state index contributed by atoms with van der Waals surface area (Å²) in [5, 5.41) is 10.9. The van der Waals surface area contributed by atoms with Gasteiger partial charge in [0.15, 0.2) is 11.3 Å². The number of hydrogen-bond donors (Lipinski definition) is 3. The monoisotopic (exact) mass is 532 g/mol. The van der Waals surface area contributed by atoms with Crippen LogP contribution < -0.4 is 21.1 Å². The molecule has 11 nitrogen and oxygen atoms in total. The van der Waals surface area contributed by atoms with Gasteiger partial charge in [-0.05, 0) is 24.3 Å². The summed E-state index contributed by atoms with van der Waals surface area (Å²) in [7, 11) is 3.36. The predicted octanol–water partition coefficient (Wildman–Crippen LogP) is 5.28. The molecular formula is C29H24N8O3. The lowest BCUT2D eigenvalue weighted by atomic mass is 10.1. The number of oxazole rings is 1. The maximum absolute atomic E-state index is 12.2. The Morgan fingerprint density at radius 2 is 1.77 bits per heavy atom. The molecule has 0 radical (unpaired) electrons. The summed E-state index contributed by atoms with van der Waals surface area (Å²) in [5.41, 5.74) is 10.1. The average molecular weight is 533 g/mol. The van der Waals surface area contributed by atoms with E-state index in [1.54, 1.807) is 17.9 Å². The molecule has 3 heterocycles. The Labute approximate surface area is 228 Å². The van der Waals surface area contributed by atoms with Crippen molar-refractivity contribution < 1.29 is 13.9 Å². The highest BCUT2D eigenvalue weighted by atomic mass is 16.5. The Bertz CT molecular complexity index is 1810. The van der Waals surface area contributed by atoms with E-state index in [0.717, 1.165) is 16.8 Å². The average Bonchev–Trinajstić information content (AvgIpc) is 3.57. The molecule has 0 unspecified atom stereocenters. The van der Waals surface area contributed by atoms with Gasteiger partial charge in [0.2, 0.25) is 11.8 Å². The number of nitrogens with zero attached hydrogens (tertiary/aromatic N) is 5. The third kappa shape index (κ3) is 4.67. The van der Waals surface area contributed by atoms with Gasteiger partial charge in [0.1, 0.15) is 22.7 Å². The fourth-order valence-electron chi connectivity index (χ4n) is 4.31. The molecule has 0 spiro atoms. The number of aryl methyl sites for hydroxylation is 1. The number of nitrogens with two attached hydrogens (primary N) is 1. The molecule has 0 saturated heterocycles. The Morgan fingerprint density at radius 3 is 2.55 bits per heavy atom. The van der Waals surface area contributed by atoms with Crippen molar-refractivity contribution in [2.75, 3.05) is 17.7 Å². The lowest BCUT2D eigenvalue weighted by Gasteiger charge is -2.15. The van der Waals surface area contributed by atoms with Crippen molar-refractivity contribution in [3.05, 3.63) is 90.6 Å². The summed E-state index contributed by atoms with van der Waals surface area (Å²) in [5.74, 6) is 1.26. The zero-order valence-corrected chi connectivity index (χ0v) is 21.6. The molecule has 0 bridgehead atoms. The Kier molecular flexibility index (Phi) is 6.29. The van der Waals surface area contributed by atoms with E-state index in [1.165, 1.54) is 6.20 Å². The van der Waals surface area contributed by atoms with Crippen LogP contribution in [0.2, 0.25) is 0 Å². The first-order chi connectivity index (χ1) is 19.5. The molecule has 3 aromatic carbocycles. The minimum absolute atomic E-state index is 0.106. The second-order valence-corrected chi connectivity index (χ2v) is 8.85. The molecule has 3 aromatic heterocycles. The second-order valence-electron chi connectivity index (χ2n) is 8.85. The molecule has 1 amide bonds. The highest BCUT2D eigenvalue weighted by molar-refractivity contribution is 5.98. The van der Waals surface area contributed by atoms with Gasteiger partial charge in [0, 0.05) is 24.9 Å². The number of aromatic nitrogens is 5. The van der Waals surface area contributed by atoms with Crippen molar-refractivity contribution in [3.8, 4) is 28.5 Å². The Balaban J connectivity index is 1.34. The summed E-state index contributed by atoms with van der Waals surface area (Å²) in [6.07, 6.45) is 1.37. The van der Waals surface area contributed by atoms with Crippen LogP contribution in [0.3, 0.4) is 0 Å². The normalized spacial score (nSPS) is 10.9. The topological polar surface area (TPSA) is 146 Å². The minimum atomic E-state index is -0.685. The smallest absolute Gasteiger partial charge is 0.254 e. The molecule has 11 heteroatoms. The Hall–Kier alpha value is -5.71. The van der Waals surface area contributed by atoms with Gasteiger partial charge in [0.05, 0.1) is 24.1 Å². The van der Waals surface area contributed by atoms with Gasteiger partial charge in [-0.15, -0.1) is 0 Å². The molecule has 0 saturated carbocycles. The van der Waals surface area contributed by atoms with Crippen LogP contribution in [0.15, 0.2) is 89.5 Å². The number of methoxy groups -OCH3 is 1. The maximum Gasteiger partial charge on any atom is 0.254 e. The van der Waals surface area contributed by atoms with E-state index < -0.39 is 5.91 Å². The number of rotatable bonds is 8. The lowest BCUT2D eigenvalue weighted by molar-refractivity contribution is 0.100. The van der Waals surface area contributed by atoms with E-state index in [9.17, 15) is 4.79 Å². The van der Waals surface area contributed by atoms with Gasteiger partial charge >= 0.3 is 0 Å². The standard InChI is InChI=1S/C29H24N8O3/c1-37-24(15-22(36-37)17-9-4-3-5-10-17)34-29-31-16-19(26(30)38)27(35-29)32-21-13-8-11-18(25(21)39-2)28-33-20-12-6-7-14-23(20)40-28/h3-16H,1-2H3,(H2,30,38)(H2,31,32,34,35). The van der Waals surface area contributed by atoms with Crippen LogP contribution in [-0.4, -0.2) is 37.7 Å². The summed E-state index contributed by atoms with van der Waals surface area (Å²) >= 11 is 0.